The quantitative estimate of drug-likeness (QED) is 0.764. The highest BCUT2D eigenvalue weighted by Gasteiger charge is 2.33. The second-order valence-corrected chi connectivity index (χ2v) is 6.21. The number of hydrogen-bond donors (Lipinski definition) is 1. The molecule has 1 fully saturated rings. The van der Waals surface area contributed by atoms with E-state index in [4.69, 9.17) is 4.74 Å². The molecule has 1 N–H and O–H groups in total. The minimum absolute atomic E-state index is 0.0649. The lowest BCUT2D eigenvalue weighted by atomic mass is 10.1. The fourth-order valence-corrected chi connectivity index (χ4v) is 2.83. The van der Waals surface area contributed by atoms with Crippen molar-refractivity contribution in [3.05, 3.63) is 51.9 Å². The molecule has 1 amide bonds. The van der Waals surface area contributed by atoms with Crippen molar-refractivity contribution in [2.75, 3.05) is 13.1 Å². The minimum atomic E-state index is -0.108. The van der Waals surface area contributed by atoms with E-state index in [9.17, 15) is 9.59 Å². The number of aryl methyl sites for hydroxylation is 1. The van der Waals surface area contributed by atoms with Crippen LogP contribution in [0.3, 0.4) is 0 Å². The Hall–Kier alpha value is -3.16. The average Bonchev–Trinajstić information content (AvgIpc) is 3.02. The minimum Gasteiger partial charge on any atom is -0.486 e. The summed E-state index contributed by atoms with van der Waals surface area (Å²) in [4.78, 5) is 26.0. The van der Waals surface area contributed by atoms with Gasteiger partial charge in [0.25, 0.3) is 11.5 Å². The summed E-state index contributed by atoms with van der Waals surface area (Å²) < 4.78 is 7.37. The molecule has 3 heterocycles. The third-order valence-corrected chi connectivity index (χ3v) is 4.48. The molecule has 0 radical (unpaired) electrons. The van der Waals surface area contributed by atoms with E-state index in [1.165, 1.54) is 6.07 Å². The van der Waals surface area contributed by atoms with Crippen LogP contribution in [-0.2, 0) is 7.05 Å². The first-order valence-corrected chi connectivity index (χ1v) is 7.95. The lowest BCUT2D eigenvalue weighted by Crippen LogP contribution is -2.56. The van der Waals surface area contributed by atoms with Crippen molar-refractivity contribution >= 4 is 16.9 Å². The smallest absolute Gasteiger partial charge is 0.254 e. The molecule has 0 saturated carbocycles. The number of pyridine rings is 1. The van der Waals surface area contributed by atoms with Gasteiger partial charge < -0.3 is 14.2 Å². The maximum Gasteiger partial charge on any atom is 0.254 e. The van der Waals surface area contributed by atoms with Gasteiger partial charge in [0.15, 0.2) is 0 Å². The van der Waals surface area contributed by atoms with Crippen LogP contribution in [0, 0.1) is 6.92 Å². The van der Waals surface area contributed by atoms with Crippen molar-refractivity contribution in [1.29, 1.82) is 0 Å². The zero-order valence-corrected chi connectivity index (χ0v) is 13.9. The maximum atomic E-state index is 12.5. The van der Waals surface area contributed by atoms with Gasteiger partial charge in [0.1, 0.15) is 22.9 Å². The number of benzene rings is 1. The van der Waals surface area contributed by atoms with Crippen LogP contribution in [-0.4, -0.2) is 50.0 Å². The van der Waals surface area contributed by atoms with Crippen LogP contribution in [0.1, 0.15) is 16.1 Å². The van der Waals surface area contributed by atoms with Crippen LogP contribution < -0.4 is 10.3 Å². The Morgan fingerprint density at radius 3 is 2.72 bits per heavy atom. The number of rotatable bonds is 3. The third-order valence-electron chi connectivity index (χ3n) is 4.48. The van der Waals surface area contributed by atoms with E-state index in [1.54, 1.807) is 34.7 Å². The number of carbonyl (C=O) groups is 1. The molecule has 2 aromatic heterocycles. The van der Waals surface area contributed by atoms with E-state index in [1.807, 2.05) is 13.0 Å². The van der Waals surface area contributed by atoms with Gasteiger partial charge >= 0.3 is 0 Å². The Morgan fingerprint density at radius 2 is 1.96 bits per heavy atom. The topological polar surface area (TPSA) is 93.1 Å². The number of amides is 1. The number of hydrogen-bond acceptors (Lipinski definition) is 5. The Bertz CT molecular complexity index is 1020. The second-order valence-electron chi connectivity index (χ2n) is 6.21. The van der Waals surface area contributed by atoms with Crippen molar-refractivity contribution in [2.45, 2.75) is 13.0 Å². The first-order valence-electron chi connectivity index (χ1n) is 7.95. The molecule has 0 spiro atoms. The Labute approximate surface area is 143 Å². The Morgan fingerprint density at radius 1 is 1.20 bits per heavy atom. The number of ether oxygens (including phenoxy) is 1. The number of aromatic amines is 1. The third kappa shape index (κ3) is 2.75. The number of carbonyl (C=O) groups excluding carboxylic acids is 1. The SMILES string of the molecule is Cc1cc(OC2CN(C(=O)c3ccc4n[nH]nc4c3)C2)cc(=O)n1C. The number of nitrogens with zero attached hydrogens (tertiary/aromatic N) is 4. The number of aromatic nitrogens is 4. The molecule has 4 rings (SSSR count). The van der Waals surface area contributed by atoms with Gasteiger partial charge in [-0.05, 0) is 31.2 Å². The predicted octanol–water partition coefficient (Wildman–Crippen LogP) is 0.868. The number of likely N-dealkylation sites (tertiary alicyclic amines) is 1. The normalized spacial score (nSPS) is 14.6. The van der Waals surface area contributed by atoms with Gasteiger partial charge in [-0.15, -0.1) is 0 Å². The second kappa shape index (κ2) is 5.73. The molecule has 8 heteroatoms. The van der Waals surface area contributed by atoms with Crippen molar-refractivity contribution in [3.8, 4) is 5.75 Å². The summed E-state index contributed by atoms with van der Waals surface area (Å²) in [5.41, 5.74) is 2.68. The highest BCUT2D eigenvalue weighted by molar-refractivity contribution is 5.97. The molecule has 0 aliphatic carbocycles. The molecule has 8 nitrogen and oxygen atoms in total. The van der Waals surface area contributed by atoms with Crippen LogP contribution in [0.15, 0.2) is 35.1 Å². The molecule has 128 valence electrons. The molecule has 25 heavy (non-hydrogen) atoms. The van der Waals surface area contributed by atoms with Gasteiger partial charge in [0, 0.05) is 24.4 Å². The van der Waals surface area contributed by atoms with E-state index in [0.29, 0.717) is 29.9 Å². The zero-order chi connectivity index (χ0) is 17.6. The monoisotopic (exact) mass is 339 g/mol. The van der Waals surface area contributed by atoms with Crippen LogP contribution in [0.4, 0.5) is 0 Å². The van der Waals surface area contributed by atoms with E-state index >= 15 is 0 Å². The largest absolute Gasteiger partial charge is 0.486 e. The first kappa shape index (κ1) is 15.4. The summed E-state index contributed by atoms with van der Waals surface area (Å²) in [5.74, 6) is 0.478. The van der Waals surface area contributed by atoms with E-state index < -0.39 is 0 Å². The summed E-state index contributed by atoms with van der Waals surface area (Å²) in [6, 6.07) is 8.52. The summed E-state index contributed by atoms with van der Waals surface area (Å²) >= 11 is 0. The van der Waals surface area contributed by atoms with Crippen LogP contribution in [0.25, 0.3) is 11.0 Å². The highest BCUT2D eigenvalue weighted by atomic mass is 16.5. The molecular formula is C17H17N5O3. The fourth-order valence-electron chi connectivity index (χ4n) is 2.83. The molecule has 0 bridgehead atoms. The van der Waals surface area contributed by atoms with E-state index in [-0.39, 0.29) is 17.6 Å². The number of H-pyrrole nitrogens is 1. The molecule has 0 unspecified atom stereocenters. The molecule has 0 atom stereocenters. The molecule has 3 aromatic rings. The Balaban J connectivity index is 1.41. The predicted molar refractivity (Wildman–Crippen MR) is 90.6 cm³/mol. The molecular weight excluding hydrogens is 322 g/mol. The highest BCUT2D eigenvalue weighted by Crippen LogP contribution is 2.20. The number of nitrogens with one attached hydrogen (secondary N) is 1. The van der Waals surface area contributed by atoms with Gasteiger partial charge in [-0.2, -0.15) is 15.4 Å². The Kier molecular flexibility index (Phi) is 3.52. The summed E-state index contributed by atoms with van der Waals surface area (Å²) in [6.07, 6.45) is -0.105. The molecule has 1 aromatic carbocycles. The fraction of sp³-hybridized carbons (Fsp3) is 0.294. The molecule has 1 aliphatic heterocycles. The molecule has 1 aliphatic rings. The van der Waals surface area contributed by atoms with Gasteiger partial charge in [-0.1, -0.05) is 0 Å². The zero-order valence-electron chi connectivity index (χ0n) is 13.9. The van der Waals surface area contributed by atoms with Crippen molar-refractivity contribution in [1.82, 2.24) is 24.9 Å². The first-order chi connectivity index (χ1) is 12.0. The average molecular weight is 339 g/mol. The summed E-state index contributed by atoms with van der Waals surface area (Å²) in [5, 5.41) is 10.5. The van der Waals surface area contributed by atoms with Gasteiger partial charge in [-0.3, -0.25) is 9.59 Å². The van der Waals surface area contributed by atoms with Gasteiger partial charge in [0.2, 0.25) is 0 Å². The van der Waals surface area contributed by atoms with Gasteiger partial charge in [0.05, 0.1) is 13.1 Å². The maximum absolute atomic E-state index is 12.5. The van der Waals surface area contributed by atoms with Crippen LogP contribution in [0.5, 0.6) is 5.75 Å². The van der Waals surface area contributed by atoms with Crippen LogP contribution in [0.2, 0.25) is 0 Å². The lowest BCUT2D eigenvalue weighted by molar-refractivity contribution is 0.0177. The lowest BCUT2D eigenvalue weighted by Gasteiger charge is -2.39. The van der Waals surface area contributed by atoms with Crippen LogP contribution >= 0.6 is 0 Å². The summed E-state index contributed by atoms with van der Waals surface area (Å²) in [7, 11) is 1.72. The summed E-state index contributed by atoms with van der Waals surface area (Å²) in [6.45, 7) is 2.83. The molecule has 1 saturated heterocycles. The van der Waals surface area contributed by atoms with E-state index in [2.05, 4.69) is 15.4 Å². The van der Waals surface area contributed by atoms with Crippen molar-refractivity contribution in [2.24, 2.45) is 7.05 Å². The van der Waals surface area contributed by atoms with E-state index in [0.717, 1.165) is 11.2 Å². The van der Waals surface area contributed by atoms with Crippen molar-refractivity contribution < 1.29 is 9.53 Å². The van der Waals surface area contributed by atoms with Gasteiger partial charge in [-0.25, -0.2) is 0 Å². The standard InChI is InChI=1S/C17H17N5O3/c1-10-5-12(7-16(23)21(10)2)25-13-8-22(9-13)17(24)11-3-4-14-15(6-11)19-20-18-14/h3-7,13H,8-9H2,1-2H3,(H,18,19,20). The van der Waals surface area contributed by atoms with Crippen molar-refractivity contribution in [3.63, 3.8) is 0 Å². The number of fused-ring (bicyclic) bond motifs is 1.